The Balaban J connectivity index is 1.64. The maximum atomic E-state index is 12.4. The smallest absolute Gasteiger partial charge is 0.241 e. The van der Waals surface area contributed by atoms with Crippen LogP contribution in [0.1, 0.15) is 19.3 Å². The summed E-state index contributed by atoms with van der Waals surface area (Å²) in [6, 6.07) is 7.98. The Kier molecular flexibility index (Phi) is 3.66. The molecule has 4 heteroatoms. The van der Waals surface area contributed by atoms with Crippen molar-refractivity contribution < 1.29 is 4.79 Å². The van der Waals surface area contributed by atoms with Gasteiger partial charge in [0, 0.05) is 25.5 Å². The van der Waals surface area contributed by atoms with Crippen molar-refractivity contribution in [3.05, 3.63) is 24.3 Å². The molecule has 0 spiro atoms. The lowest BCUT2D eigenvalue weighted by Gasteiger charge is -2.18. The van der Waals surface area contributed by atoms with Crippen molar-refractivity contribution in [2.24, 2.45) is 11.8 Å². The van der Waals surface area contributed by atoms with Gasteiger partial charge in [0.25, 0.3) is 0 Å². The molecule has 0 radical (unpaired) electrons. The number of nitrogens with zero attached hydrogens (tertiary/aromatic N) is 1. The minimum atomic E-state index is -0.00368. The minimum absolute atomic E-state index is 0.00368. The molecule has 4 nitrogen and oxygen atoms in total. The zero-order valence-corrected chi connectivity index (χ0v) is 12.2. The van der Waals surface area contributed by atoms with Crippen molar-refractivity contribution in [2.75, 3.05) is 30.9 Å². The van der Waals surface area contributed by atoms with Crippen molar-refractivity contribution in [3.8, 4) is 0 Å². The molecule has 20 heavy (non-hydrogen) atoms. The van der Waals surface area contributed by atoms with Crippen molar-refractivity contribution >= 4 is 17.3 Å². The number of fused-ring (bicyclic) bond motifs is 1. The standard InChI is InChI=1S/C16H23N3O/c1-19(2)13-8-6-12(7-9-13)18-16(20)15-14-5-3-4-11(14)10-17-15/h6-9,11,14-15,17H,3-5,10H2,1-2H3,(H,18,20). The minimum Gasteiger partial charge on any atom is -0.378 e. The second kappa shape index (κ2) is 5.44. The second-order valence-electron chi connectivity index (χ2n) is 6.17. The molecule has 0 bridgehead atoms. The Hall–Kier alpha value is -1.55. The van der Waals surface area contributed by atoms with E-state index >= 15 is 0 Å². The molecule has 1 aliphatic carbocycles. The van der Waals surface area contributed by atoms with E-state index in [1.54, 1.807) is 0 Å². The monoisotopic (exact) mass is 273 g/mol. The van der Waals surface area contributed by atoms with E-state index in [1.807, 2.05) is 43.3 Å². The highest BCUT2D eigenvalue weighted by Crippen LogP contribution is 2.38. The molecule has 108 valence electrons. The largest absolute Gasteiger partial charge is 0.378 e. The van der Waals surface area contributed by atoms with Crippen LogP contribution in [0.4, 0.5) is 11.4 Å². The number of carbonyl (C=O) groups excluding carboxylic acids is 1. The molecule has 1 aromatic carbocycles. The van der Waals surface area contributed by atoms with Gasteiger partial charge in [-0.3, -0.25) is 4.79 Å². The summed E-state index contributed by atoms with van der Waals surface area (Å²) in [6.45, 7) is 1.00. The zero-order chi connectivity index (χ0) is 14.1. The maximum absolute atomic E-state index is 12.4. The van der Waals surface area contributed by atoms with Crippen molar-refractivity contribution in [3.63, 3.8) is 0 Å². The number of amides is 1. The molecule has 1 aromatic rings. The Morgan fingerprint density at radius 1 is 1.25 bits per heavy atom. The molecule has 2 N–H and O–H groups in total. The van der Waals surface area contributed by atoms with Crippen LogP contribution in [0.15, 0.2) is 24.3 Å². The van der Waals surface area contributed by atoms with Crippen LogP contribution in [-0.4, -0.2) is 32.6 Å². The summed E-state index contributed by atoms with van der Waals surface area (Å²) >= 11 is 0. The number of hydrogen-bond donors (Lipinski definition) is 2. The van der Waals surface area contributed by atoms with E-state index in [4.69, 9.17) is 0 Å². The van der Waals surface area contributed by atoms with E-state index in [0.717, 1.165) is 17.9 Å². The Labute approximate surface area is 120 Å². The quantitative estimate of drug-likeness (QED) is 0.886. The Morgan fingerprint density at radius 2 is 2.00 bits per heavy atom. The highest BCUT2D eigenvalue weighted by atomic mass is 16.2. The summed E-state index contributed by atoms with van der Waals surface area (Å²) in [4.78, 5) is 14.4. The van der Waals surface area contributed by atoms with E-state index in [9.17, 15) is 4.79 Å². The fourth-order valence-electron chi connectivity index (χ4n) is 3.54. The summed E-state index contributed by atoms with van der Waals surface area (Å²) < 4.78 is 0. The van der Waals surface area contributed by atoms with Gasteiger partial charge in [0.15, 0.2) is 0 Å². The molecule has 3 rings (SSSR count). The third-order valence-corrected chi connectivity index (χ3v) is 4.68. The van der Waals surface area contributed by atoms with Crippen LogP contribution in [-0.2, 0) is 4.79 Å². The average Bonchev–Trinajstić information content (AvgIpc) is 3.01. The first-order valence-electron chi connectivity index (χ1n) is 7.47. The summed E-state index contributed by atoms with van der Waals surface area (Å²) in [7, 11) is 4.02. The van der Waals surface area contributed by atoms with Gasteiger partial charge < -0.3 is 15.5 Å². The summed E-state index contributed by atoms with van der Waals surface area (Å²) in [6.07, 6.45) is 3.74. The van der Waals surface area contributed by atoms with Crippen LogP contribution in [0.5, 0.6) is 0 Å². The highest BCUT2D eigenvalue weighted by molar-refractivity contribution is 5.95. The van der Waals surface area contributed by atoms with E-state index in [0.29, 0.717) is 11.8 Å². The zero-order valence-electron chi connectivity index (χ0n) is 12.2. The normalized spacial score (nSPS) is 28.2. The molecule has 1 saturated heterocycles. The van der Waals surface area contributed by atoms with E-state index < -0.39 is 0 Å². The Bertz CT molecular complexity index is 483. The molecule has 1 saturated carbocycles. The SMILES string of the molecule is CN(C)c1ccc(NC(=O)C2NCC3CCCC32)cc1. The molecule has 0 aromatic heterocycles. The van der Waals surface area contributed by atoms with Gasteiger partial charge in [-0.25, -0.2) is 0 Å². The molecule has 2 aliphatic rings. The number of hydrogen-bond acceptors (Lipinski definition) is 3. The van der Waals surface area contributed by atoms with Crippen LogP contribution in [0.2, 0.25) is 0 Å². The van der Waals surface area contributed by atoms with Crippen LogP contribution >= 0.6 is 0 Å². The summed E-state index contributed by atoms with van der Waals surface area (Å²) in [5.41, 5.74) is 2.02. The van der Waals surface area contributed by atoms with Gasteiger partial charge in [-0.1, -0.05) is 6.42 Å². The van der Waals surface area contributed by atoms with Gasteiger partial charge in [0.05, 0.1) is 6.04 Å². The number of nitrogens with one attached hydrogen (secondary N) is 2. The predicted molar refractivity (Wildman–Crippen MR) is 82.0 cm³/mol. The van der Waals surface area contributed by atoms with Crippen molar-refractivity contribution in [1.82, 2.24) is 5.32 Å². The lowest BCUT2D eigenvalue weighted by molar-refractivity contribution is -0.118. The third-order valence-electron chi connectivity index (χ3n) is 4.68. The fourth-order valence-corrected chi connectivity index (χ4v) is 3.54. The van der Waals surface area contributed by atoms with Gasteiger partial charge in [-0.2, -0.15) is 0 Å². The lowest BCUT2D eigenvalue weighted by Crippen LogP contribution is -2.39. The lowest BCUT2D eigenvalue weighted by atomic mass is 9.93. The molecule has 1 aliphatic heterocycles. The molecule has 1 heterocycles. The number of anilines is 2. The maximum Gasteiger partial charge on any atom is 0.241 e. The van der Waals surface area contributed by atoms with E-state index in [-0.39, 0.29) is 11.9 Å². The third kappa shape index (κ3) is 2.52. The first kappa shape index (κ1) is 13.4. The second-order valence-corrected chi connectivity index (χ2v) is 6.17. The molecular weight excluding hydrogens is 250 g/mol. The number of benzene rings is 1. The number of rotatable bonds is 3. The summed E-state index contributed by atoms with van der Waals surface area (Å²) in [5, 5.41) is 6.43. The molecular formula is C16H23N3O. The molecule has 1 amide bonds. The first-order valence-corrected chi connectivity index (χ1v) is 7.47. The fraction of sp³-hybridized carbons (Fsp3) is 0.562. The van der Waals surface area contributed by atoms with E-state index in [1.165, 1.54) is 19.3 Å². The van der Waals surface area contributed by atoms with Gasteiger partial charge in [0.2, 0.25) is 5.91 Å². The highest BCUT2D eigenvalue weighted by Gasteiger charge is 2.42. The first-order chi connectivity index (χ1) is 9.65. The van der Waals surface area contributed by atoms with Gasteiger partial charge in [0.1, 0.15) is 0 Å². The van der Waals surface area contributed by atoms with Crippen molar-refractivity contribution in [1.29, 1.82) is 0 Å². The van der Waals surface area contributed by atoms with Crippen LogP contribution < -0.4 is 15.5 Å². The average molecular weight is 273 g/mol. The topological polar surface area (TPSA) is 44.4 Å². The molecule has 3 atom stereocenters. The van der Waals surface area contributed by atoms with Gasteiger partial charge >= 0.3 is 0 Å². The molecule has 2 fully saturated rings. The number of carbonyl (C=O) groups is 1. The van der Waals surface area contributed by atoms with Crippen LogP contribution in [0.3, 0.4) is 0 Å². The summed E-state index contributed by atoms with van der Waals surface area (Å²) in [5.74, 6) is 1.37. The Morgan fingerprint density at radius 3 is 2.70 bits per heavy atom. The van der Waals surface area contributed by atoms with Gasteiger partial charge in [-0.05, 0) is 55.5 Å². The van der Waals surface area contributed by atoms with Crippen LogP contribution in [0.25, 0.3) is 0 Å². The van der Waals surface area contributed by atoms with E-state index in [2.05, 4.69) is 10.6 Å². The van der Waals surface area contributed by atoms with Gasteiger partial charge in [-0.15, -0.1) is 0 Å². The molecule has 3 unspecified atom stereocenters. The van der Waals surface area contributed by atoms with Crippen molar-refractivity contribution in [2.45, 2.75) is 25.3 Å². The van der Waals surface area contributed by atoms with Crippen LogP contribution in [0, 0.1) is 11.8 Å². The predicted octanol–water partition coefficient (Wildman–Crippen LogP) is 2.08.